The smallest absolute Gasteiger partial charge is 0.241 e. The van der Waals surface area contributed by atoms with Crippen molar-refractivity contribution >= 4 is 21.4 Å². The molecule has 2 rings (SSSR count). The molecule has 0 aliphatic carbocycles. The average Bonchev–Trinajstić information content (AvgIpc) is 2.92. The normalized spacial score (nSPS) is 13.4. The first kappa shape index (κ1) is 14.1. The van der Waals surface area contributed by atoms with E-state index in [1.54, 1.807) is 37.4 Å². The van der Waals surface area contributed by atoms with E-state index in [-0.39, 0.29) is 17.5 Å². The van der Waals surface area contributed by atoms with Gasteiger partial charge in [0.2, 0.25) is 10.0 Å². The summed E-state index contributed by atoms with van der Waals surface area (Å²) in [5, 5.41) is 2.54. The predicted molar refractivity (Wildman–Crippen MR) is 75.2 cm³/mol. The van der Waals surface area contributed by atoms with Crippen molar-refractivity contribution < 1.29 is 8.42 Å². The average molecular weight is 297 g/mol. The van der Waals surface area contributed by atoms with Gasteiger partial charge >= 0.3 is 0 Å². The van der Waals surface area contributed by atoms with Crippen LogP contribution in [0.3, 0.4) is 0 Å². The second kappa shape index (κ2) is 5.79. The van der Waals surface area contributed by atoms with Crippen molar-refractivity contribution in [2.75, 3.05) is 0 Å². The molecule has 1 heterocycles. The van der Waals surface area contributed by atoms with E-state index in [2.05, 4.69) is 9.71 Å². The first-order chi connectivity index (χ1) is 9.04. The molecule has 1 atom stereocenters. The van der Waals surface area contributed by atoms with Crippen LogP contribution < -0.4 is 10.5 Å². The van der Waals surface area contributed by atoms with Crippen molar-refractivity contribution in [3.8, 4) is 0 Å². The van der Waals surface area contributed by atoms with Gasteiger partial charge in [0.1, 0.15) is 5.01 Å². The number of thiazole rings is 1. The molecule has 7 heteroatoms. The van der Waals surface area contributed by atoms with E-state index in [1.807, 2.05) is 5.38 Å². The summed E-state index contributed by atoms with van der Waals surface area (Å²) < 4.78 is 27.3. The van der Waals surface area contributed by atoms with Crippen molar-refractivity contribution in [3.05, 3.63) is 46.4 Å². The maximum Gasteiger partial charge on any atom is 0.241 e. The third-order valence-electron chi connectivity index (χ3n) is 2.64. The van der Waals surface area contributed by atoms with Gasteiger partial charge in [-0.05, 0) is 18.6 Å². The minimum atomic E-state index is -3.59. The molecule has 0 amide bonds. The summed E-state index contributed by atoms with van der Waals surface area (Å²) in [6.45, 7) is 1.95. The molecule has 19 heavy (non-hydrogen) atoms. The van der Waals surface area contributed by atoms with Gasteiger partial charge in [0.25, 0.3) is 0 Å². The van der Waals surface area contributed by atoms with E-state index in [9.17, 15) is 8.42 Å². The van der Waals surface area contributed by atoms with Crippen LogP contribution in [0.2, 0.25) is 0 Å². The highest BCUT2D eigenvalue weighted by Gasteiger charge is 2.21. The van der Waals surface area contributed by atoms with E-state index >= 15 is 0 Å². The highest BCUT2D eigenvalue weighted by Crippen LogP contribution is 2.20. The summed E-state index contributed by atoms with van der Waals surface area (Å²) >= 11 is 1.41. The first-order valence-electron chi connectivity index (χ1n) is 5.74. The maximum absolute atomic E-state index is 12.3. The fourth-order valence-corrected chi connectivity index (χ4v) is 3.91. The van der Waals surface area contributed by atoms with Gasteiger partial charge in [0.15, 0.2) is 0 Å². The number of benzene rings is 1. The SMILES string of the molecule is CC(NS(=O)(=O)c1ccccc1CN)c1nccs1. The Hall–Kier alpha value is -1.28. The summed E-state index contributed by atoms with van der Waals surface area (Å²) in [4.78, 5) is 4.33. The summed E-state index contributed by atoms with van der Waals surface area (Å²) in [6, 6.07) is 6.35. The number of nitrogens with zero attached hydrogens (tertiary/aromatic N) is 1. The molecule has 0 spiro atoms. The fraction of sp³-hybridized carbons (Fsp3) is 0.250. The lowest BCUT2D eigenvalue weighted by Crippen LogP contribution is -2.28. The van der Waals surface area contributed by atoms with E-state index in [4.69, 9.17) is 5.73 Å². The second-order valence-corrected chi connectivity index (χ2v) is 6.63. The zero-order chi connectivity index (χ0) is 13.9. The molecule has 1 aromatic heterocycles. The molecule has 0 radical (unpaired) electrons. The molecule has 1 unspecified atom stereocenters. The van der Waals surface area contributed by atoms with E-state index in [1.165, 1.54) is 11.3 Å². The van der Waals surface area contributed by atoms with Crippen LogP contribution in [0.1, 0.15) is 23.5 Å². The number of hydrogen-bond donors (Lipinski definition) is 2. The lowest BCUT2D eigenvalue weighted by Gasteiger charge is -2.14. The van der Waals surface area contributed by atoms with Crippen molar-refractivity contribution in [2.45, 2.75) is 24.4 Å². The molecule has 0 bridgehead atoms. The monoisotopic (exact) mass is 297 g/mol. The molecule has 0 saturated carbocycles. The number of nitrogens with two attached hydrogens (primary N) is 1. The van der Waals surface area contributed by atoms with E-state index < -0.39 is 10.0 Å². The van der Waals surface area contributed by atoms with Crippen LogP contribution in [0.25, 0.3) is 0 Å². The Kier molecular flexibility index (Phi) is 4.31. The number of sulfonamides is 1. The summed E-state index contributed by atoms with van der Waals surface area (Å²) in [6.07, 6.45) is 1.65. The molecule has 2 aromatic rings. The van der Waals surface area contributed by atoms with Gasteiger partial charge in [-0.1, -0.05) is 18.2 Å². The standard InChI is InChI=1S/C12H15N3O2S2/c1-9(12-14-6-7-18-12)15-19(16,17)11-5-3-2-4-10(11)8-13/h2-7,9,15H,8,13H2,1H3. The maximum atomic E-state index is 12.3. The number of aromatic nitrogens is 1. The van der Waals surface area contributed by atoms with Crippen molar-refractivity contribution in [1.29, 1.82) is 0 Å². The molecule has 0 aliphatic rings. The van der Waals surface area contributed by atoms with Crippen LogP contribution in [0.4, 0.5) is 0 Å². The number of rotatable bonds is 5. The van der Waals surface area contributed by atoms with Gasteiger partial charge in [-0.25, -0.2) is 18.1 Å². The minimum absolute atomic E-state index is 0.183. The Labute approximate surface area is 116 Å². The zero-order valence-corrected chi connectivity index (χ0v) is 12.0. The zero-order valence-electron chi connectivity index (χ0n) is 10.4. The summed E-state index contributed by atoms with van der Waals surface area (Å²) in [5.41, 5.74) is 6.17. The molecular weight excluding hydrogens is 282 g/mol. The van der Waals surface area contributed by atoms with E-state index in [0.29, 0.717) is 5.56 Å². The highest BCUT2D eigenvalue weighted by atomic mass is 32.2. The molecule has 3 N–H and O–H groups in total. The van der Waals surface area contributed by atoms with Gasteiger partial charge in [0, 0.05) is 18.1 Å². The van der Waals surface area contributed by atoms with Crippen LogP contribution in [0, 0.1) is 0 Å². The fourth-order valence-electron chi connectivity index (χ4n) is 1.73. The highest BCUT2D eigenvalue weighted by molar-refractivity contribution is 7.89. The predicted octanol–water partition coefficient (Wildman–Crippen LogP) is 1.64. The van der Waals surface area contributed by atoms with Crippen LogP contribution in [0.15, 0.2) is 40.7 Å². The molecule has 0 saturated heterocycles. The van der Waals surface area contributed by atoms with Crippen LogP contribution in [0.5, 0.6) is 0 Å². The Morgan fingerprint density at radius 1 is 1.42 bits per heavy atom. The van der Waals surface area contributed by atoms with Crippen molar-refractivity contribution in [1.82, 2.24) is 9.71 Å². The number of nitrogens with one attached hydrogen (secondary N) is 1. The Balaban J connectivity index is 2.28. The van der Waals surface area contributed by atoms with Crippen LogP contribution in [-0.4, -0.2) is 13.4 Å². The van der Waals surface area contributed by atoms with Crippen molar-refractivity contribution in [2.24, 2.45) is 5.73 Å². The molecule has 0 aliphatic heterocycles. The molecule has 0 fully saturated rings. The van der Waals surface area contributed by atoms with Crippen LogP contribution >= 0.6 is 11.3 Å². The third kappa shape index (κ3) is 3.19. The summed E-state index contributed by atoms with van der Waals surface area (Å²) in [5.74, 6) is 0. The summed E-state index contributed by atoms with van der Waals surface area (Å²) in [7, 11) is -3.59. The van der Waals surface area contributed by atoms with Crippen LogP contribution in [-0.2, 0) is 16.6 Å². The van der Waals surface area contributed by atoms with Gasteiger partial charge in [-0.3, -0.25) is 0 Å². The second-order valence-electron chi connectivity index (χ2n) is 4.03. The lowest BCUT2D eigenvalue weighted by molar-refractivity contribution is 0.565. The topological polar surface area (TPSA) is 85.1 Å². The number of hydrogen-bond acceptors (Lipinski definition) is 5. The van der Waals surface area contributed by atoms with Gasteiger partial charge < -0.3 is 5.73 Å². The molecule has 1 aromatic carbocycles. The molecule has 5 nitrogen and oxygen atoms in total. The van der Waals surface area contributed by atoms with Crippen molar-refractivity contribution in [3.63, 3.8) is 0 Å². The quantitative estimate of drug-likeness (QED) is 0.878. The Morgan fingerprint density at radius 3 is 2.79 bits per heavy atom. The largest absolute Gasteiger partial charge is 0.326 e. The third-order valence-corrected chi connectivity index (χ3v) is 5.24. The van der Waals surface area contributed by atoms with Gasteiger partial charge in [-0.2, -0.15) is 0 Å². The van der Waals surface area contributed by atoms with Gasteiger partial charge in [0.05, 0.1) is 10.9 Å². The Bertz CT molecular complexity index is 639. The first-order valence-corrected chi connectivity index (χ1v) is 8.10. The van der Waals surface area contributed by atoms with E-state index in [0.717, 1.165) is 5.01 Å². The Morgan fingerprint density at radius 2 is 2.16 bits per heavy atom. The molecule has 102 valence electrons. The molecular formula is C12H15N3O2S2. The van der Waals surface area contributed by atoms with Gasteiger partial charge in [-0.15, -0.1) is 11.3 Å². The minimum Gasteiger partial charge on any atom is -0.326 e. The lowest BCUT2D eigenvalue weighted by atomic mass is 10.2.